The second kappa shape index (κ2) is 10.7. The first-order chi connectivity index (χ1) is 16.8. The predicted octanol–water partition coefficient (Wildman–Crippen LogP) is 2.41. The molecule has 1 aromatic heterocycles. The summed E-state index contributed by atoms with van der Waals surface area (Å²) in [5.41, 5.74) is 4.55. The number of hydrogen-bond donors (Lipinski definition) is 3. The summed E-state index contributed by atoms with van der Waals surface area (Å²) in [6.07, 6.45) is 3.01. The molecule has 0 saturated carbocycles. The number of ether oxygens (including phenoxy) is 1. The number of nitrogens with one attached hydrogen (secondary N) is 2. The number of nitrogens with zero attached hydrogens (tertiary/aromatic N) is 3. The number of aliphatic hydroxyl groups excluding tert-OH is 1. The molecular formula is C24H35N5O5S. The van der Waals surface area contributed by atoms with E-state index < -0.39 is 10.0 Å². The number of aromatic amines is 1. The van der Waals surface area contributed by atoms with Crippen LogP contribution in [0.15, 0.2) is 27.9 Å². The summed E-state index contributed by atoms with van der Waals surface area (Å²) >= 11 is 0. The summed E-state index contributed by atoms with van der Waals surface area (Å²) in [7, 11) is -3.74. The molecule has 1 unspecified atom stereocenters. The smallest absolute Gasteiger partial charge is 0.276 e. The van der Waals surface area contributed by atoms with Crippen LogP contribution in [0.25, 0.3) is 11.4 Å². The molecule has 4 rings (SSSR count). The standard InChI is InChI=1S/C24H35N5O5S/c1-4-11-29-22-21(16(3)27-29)25-23(26-24(22)31)19-15-18(6-7-20(19)34-5-2)35(32,33)28-12-8-17(9-13-28)10-14-30/h6-7,15-17,27,30H,4-5,8-14H2,1-3H3,(H,25,26,31). The van der Waals surface area contributed by atoms with E-state index in [9.17, 15) is 18.3 Å². The third-order valence-corrected chi connectivity index (χ3v) is 8.55. The van der Waals surface area contributed by atoms with Crippen LogP contribution >= 0.6 is 0 Å². The Hall–Kier alpha value is -2.47. The average molecular weight is 506 g/mol. The van der Waals surface area contributed by atoms with Crippen molar-refractivity contribution in [1.29, 1.82) is 0 Å². The monoisotopic (exact) mass is 505 g/mol. The molecule has 2 aliphatic rings. The van der Waals surface area contributed by atoms with E-state index >= 15 is 0 Å². The molecule has 1 aromatic carbocycles. The lowest BCUT2D eigenvalue weighted by Crippen LogP contribution is -2.38. The number of aliphatic hydroxyl groups is 1. The van der Waals surface area contributed by atoms with Crippen LogP contribution in [-0.4, -0.2) is 60.6 Å². The Balaban J connectivity index is 1.72. The van der Waals surface area contributed by atoms with Crippen molar-refractivity contribution in [2.24, 2.45) is 5.92 Å². The summed E-state index contributed by atoms with van der Waals surface area (Å²) in [5.74, 6) is 1.08. The second-order valence-corrected chi connectivity index (χ2v) is 11.0. The first kappa shape index (κ1) is 25.6. The third-order valence-electron chi connectivity index (χ3n) is 6.65. The highest BCUT2D eigenvalue weighted by Gasteiger charge is 2.32. The topological polar surface area (TPSA) is 128 Å². The molecule has 1 fully saturated rings. The van der Waals surface area contributed by atoms with Gasteiger partial charge in [0.2, 0.25) is 10.0 Å². The molecule has 35 heavy (non-hydrogen) atoms. The van der Waals surface area contributed by atoms with Gasteiger partial charge in [-0.2, -0.15) is 4.31 Å². The number of sulfonamides is 1. The van der Waals surface area contributed by atoms with Crippen molar-refractivity contribution in [3.63, 3.8) is 0 Å². The molecule has 192 valence electrons. The van der Waals surface area contributed by atoms with Crippen molar-refractivity contribution in [2.45, 2.75) is 57.4 Å². The van der Waals surface area contributed by atoms with Gasteiger partial charge in [-0.1, -0.05) is 6.92 Å². The van der Waals surface area contributed by atoms with Crippen molar-refractivity contribution in [2.75, 3.05) is 37.9 Å². The van der Waals surface area contributed by atoms with E-state index in [0.29, 0.717) is 61.3 Å². The minimum Gasteiger partial charge on any atom is -0.493 e. The lowest BCUT2D eigenvalue weighted by Gasteiger charge is -2.31. The van der Waals surface area contributed by atoms with Crippen LogP contribution in [0.1, 0.15) is 58.2 Å². The van der Waals surface area contributed by atoms with Crippen LogP contribution in [0.4, 0.5) is 5.69 Å². The molecule has 3 heterocycles. The van der Waals surface area contributed by atoms with Gasteiger partial charge in [-0.3, -0.25) is 4.79 Å². The van der Waals surface area contributed by atoms with E-state index in [1.54, 1.807) is 18.2 Å². The van der Waals surface area contributed by atoms with Gasteiger partial charge in [0.25, 0.3) is 5.56 Å². The highest BCUT2D eigenvalue weighted by Crippen LogP contribution is 2.35. The highest BCUT2D eigenvalue weighted by molar-refractivity contribution is 7.89. The number of H-pyrrole nitrogens is 1. The van der Waals surface area contributed by atoms with Gasteiger partial charge in [-0.15, -0.1) is 0 Å². The zero-order valence-electron chi connectivity index (χ0n) is 20.6. The Morgan fingerprint density at radius 2 is 1.97 bits per heavy atom. The van der Waals surface area contributed by atoms with Gasteiger partial charge in [-0.05, 0) is 63.6 Å². The van der Waals surface area contributed by atoms with E-state index in [-0.39, 0.29) is 28.9 Å². The Morgan fingerprint density at radius 1 is 1.23 bits per heavy atom. The highest BCUT2D eigenvalue weighted by atomic mass is 32.2. The third kappa shape index (κ3) is 5.09. The number of fused-ring (bicyclic) bond motifs is 1. The fourth-order valence-electron chi connectivity index (χ4n) is 4.84. The molecule has 1 atom stereocenters. The molecule has 2 aliphatic heterocycles. The largest absolute Gasteiger partial charge is 0.493 e. The molecule has 0 amide bonds. The lowest BCUT2D eigenvalue weighted by molar-refractivity contribution is 0.208. The molecule has 0 aliphatic carbocycles. The number of hydrogen-bond acceptors (Lipinski definition) is 8. The Bertz CT molecular complexity index is 1210. The maximum Gasteiger partial charge on any atom is 0.276 e. The second-order valence-electron chi connectivity index (χ2n) is 9.10. The normalized spacial score (nSPS) is 19.2. The van der Waals surface area contributed by atoms with Gasteiger partial charge >= 0.3 is 0 Å². The zero-order chi connectivity index (χ0) is 25.2. The van der Waals surface area contributed by atoms with Gasteiger partial charge < -0.3 is 19.8 Å². The number of piperidine rings is 1. The summed E-state index contributed by atoms with van der Waals surface area (Å²) in [5, 5.41) is 11.0. The minimum atomic E-state index is -3.74. The first-order valence-corrected chi connectivity index (χ1v) is 13.8. The van der Waals surface area contributed by atoms with Crippen LogP contribution in [-0.2, 0) is 10.0 Å². The molecule has 10 nitrogen and oxygen atoms in total. The maximum absolute atomic E-state index is 13.5. The van der Waals surface area contributed by atoms with Crippen LogP contribution in [0.3, 0.4) is 0 Å². The number of benzene rings is 1. The summed E-state index contributed by atoms with van der Waals surface area (Å²) in [6, 6.07) is 4.56. The van der Waals surface area contributed by atoms with Crippen LogP contribution in [0, 0.1) is 5.92 Å². The predicted molar refractivity (Wildman–Crippen MR) is 134 cm³/mol. The van der Waals surface area contributed by atoms with Crippen molar-refractivity contribution < 1.29 is 18.3 Å². The minimum absolute atomic E-state index is 0.121. The van der Waals surface area contributed by atoms with E-state index in [0.717, 1.165) is 19.3 Å². The SMILES string of the molecule is CCCN1NC(C)c2nc(-c3cc(S(=O)(=O)N4CCC(CCO)CC4)ccc3OCC)[nH]c(=O)c21. The van der Waals surface area contributed by atoms with E-state index in [2.05, 4.69) is 10.4 Å². The van der Waals surface area contributed by atoms with Crippen molar-refractivity contribution in [1.82, 2.24) is 19.7 Å². The molecule has 0 spiro atoms. The fraction of sp³-hybridized carbons (Fsp3) is 0.583. The summed E-state index contributed by atoms with van der Waals surface area (Å²) in [4.78, 5) is 20.8. The Labute approximate surface area is 206 Å². The molecule has 0 radical (unpaired) electrons. The molecule has 1 saturated heterocycles. The molecule has 2 aromatic rings. The molecule has 3 N–H and O–H groups in total. The number of aromatic nitrogens is 2. The van der Waals surface area contributed by atoms with Crippen molar-refractivity contribution in [3.8, 4) is 17.1 Å². The molecule has 11 heteroatoms. The lowest BCUT2D eigenvalue weighted by atomic mass is 9.95. The number of rotatable bonds is 9. The molecule has 0 bridgehead atoms. The average Bonchev–Trinajstić information content (AvgIpc) is 3.16. The zero-order valence-corrected chi connectivity index (χ0v) is 21.4. The Morgan fingerprint density at radius 3 is 2.63 bits per heavy atom. The van der Waals surface area contributed by atoms with Crippen molar-refractivity contribution in [3.05, 3.63) is 34.2 Å². The van der Waals surface area contributed by atoms with Gasteiger partial charge in [-0.25, -0.2) is 18.8 Å². The maximum atomic E-state index is 13.5. The first-order valence-electron chi connectivity index (χ1n) is 12.4. The van der Waals surface area contributed by atoms with Crippen LogP contribution in [0.2, 0.25) is 0 Å². The van der Waals surface area contributed by atoms with E-state index in [1.165, 1.54) is 4.31 Å². The van der Waals surface area contributed by atoms with E-state index in [4.69, 9.17) is 9.72 Å². The van der Waals surface area contributed by atoms with Gasteiger partial charge in [0.05, 0.1) is 28.8 Å². The van der Waals surface area contributed by atoms with Gasteiger partial charge in [0.15, 0.2) is 0 Å². The van der Waals surface area contributed by atoms with E-state index in [1.807, 2.05) is 25.8 Å². The quantitative estimate of drug-likeness (QED) is 0.474. The molecular weight excluding hydrogens is 470 g/mol. The van der Waals surface area contributed by atoms with Gasteiger partial charge in [0, 0.05) is 26.2 Å². The van der Waals surface area contributed by atoms with Crippen LogP contribution in [0.5, 0.6) is 5.75 Å². The summed E-state index contributed by atoms with van der Waals surface area (Å²) < 4.78 is 34.2. The fourth-order valence-corrected chi connectivity index (χ4v) is 6.34. The number of anilines is 1. The van der Waals surface area contributed by atoms with Crippen molar-refractivity contribution >= 4 is 15.7 Å². The number of hydrazine groups is 1. The van der Waals surface area contributed by atoms with Crippen LogP contribution < -0.4 is 20.7 Å². The Kier molecular flexibility index (Phi) is 7.80. The van der Waals surface area contributed by atoms with Gasteiger partial charge in [0.1, 0.15) is 17.3 Å². The summed E-state index contributed by atoms with van der Waals surface area (Å²) in [6.45, 7) is 7.84.